The molecule has 0 unspecified atom stereocenters. The van der Waals surface area contributed by atoms with Crippen molar-refractivity contribution in [3.63, 3.8) is 0 Å². The maximum absolute atomic E-state index is 12.1. The molecule has 0 aliphatic rings. The van der Waals surface area contributed by atoms with Crippen LogP contribution < -0.4 is 10.0 Å². The number of carbonyl (C=O) groups excluding carboxylic acids is 2. The summed E-state index contributed by atoms with van der Waals surface area (Å²) in [6.45, 7) is 0.375. The lowest BCUT2D eigenvalue weighted by atomic mass is 10.1. The van der Waals surface area contributed by atoms with Gasteiger partial charge in [-0.1, -0.05) is 12.1 Å². The molecule has 0 fully saturated rings. The Hall–Kier alpha value is -2.71. The highest BCUT2D eigenvalue weighted by molar-refractivity contribution is 7.89. The second-order valence-electron chi connectivity index (χ2n) is 5.43. The Kier molecular flexibility index (Phi) is 6.48. The second-order valence-corrected chi connectivity index (χ2v) is 7.32. The molecule has 8 heteroatoms. The number of hydrogen-bond donors (Lipinski definition) is 2. The molecule has 2 rings (SSSR count). The van der Waals surface area contributed by atoms with Crippen molar-refractivity contribution in [1.29, 1.82) is 0 Å². The Balaban J connectivity index is 1.94. The average Bonchev–Trinajstić information content (AvgIpc) is 2.67. The zero-order valence-corrected chi connectivity index (χ0v) is 15.3. The summed E-state index contributed by atoms with van der Waals surface area (Å²) in [7, 11) is -0.880. The maximum Gasteiger partial charge on any atom is 0.337 e. The summed E-state index contributed by atoms with van der Waals surface area (Å²) in [5.74, 6) is -0.713. The van der Waals surface area contributed by atoms with Crippen LogP contribution in [0.3, 0.4) is 0 Å². The fraction of sp³-hybridized carbons (Fsp3) is 0.222. The molecule has 26 heavy (non-hydrogen) atoms. The van der Waals surface area contributed by atoms with E-state index in [1.807, 2.05) is 6.07 Å². The highest BCUT2D eigenvalue weighted by Crippen LogP contribution is 2.10. The van der Waals surface area contributed by atoms with E-state index in [9.17, 15) is 18.0 Å². The number of methoxy groups -OCH3 is 1. The zero-order valence-electron chi connectivity index (χ0n) is 14.5. The molecular weight excluding hydrogens is 356 g/mol. The van der Waals surface area contributed by atoms with Gasteiger partial charge in [-0.3, -0.25) is 4.79 Å². The van der Waals surface area contributed by atoms with Gasteiger partial charge in [0.25, 0.3) is 5.91 Å². The number of rotatable bonds is 7. The highest BCUT2D eigenvalue weighted by Gasteiger charge is 2.12. The van der Waals surface area contributed by atoms with Crippen molar-refractivity contribution in [3.8, 4) is 0 Å². The summed E-state index contributed by atoms with van der Waals surface area (Å²) < 4.78 is 30.2. The summed E-state index contributed by atoms with van der Waals surface area (Å²) in [5, 5.41) is 2.76. The molecule has 0 bridgehead atoms. The van der Waals surface area contributed by atoms with Crippen LogP contribution in [0.1, 0.15) is 26.3 Å². The van der Waals surface area contributed by atoms with Crippen LogP contribution >= 0.6 is 0 Å². The van der Waals surface area contributed by atoms with Crippen LogP contribution in [0.5, 0.6) is 0 Å². The summed E-state index contributed by atoms with van der Waals surface area (Å²) in [6.07, 6.45) is 0.544. The SMILES string of the molecule is CNS(=O)(=O)c1ccc(C(=O)NCCc2cccc(C(=O)OC)c2)cc1. The third-order valence-corrected chi connectivity index (χ3v) is 5.17. The van der Waals surface area contributed by atoms with Crippen LogP contribution in [0.15, 0.2) is 53.4 Å². The van der Waals surface area contributed by atoms with Gasteiger partial charge in [-0.15, -0.1) is 0 Å². The zero-order chi connectivity index (χ0) is 19.2. The molecular formula is C18H20N2O5S. The Morgan fingerprint density at radius 2 is 1.73 bits per heavy atom. The van der Waals surface area contributed by atoms with Crippen molar-refractivity contribution in [1.82, 2.24) is 10.0 Å². The minimum Gasteiger partial charge on any atom is -0.465 e. The number of benzene rings is 2. The summed E-state index contributed by atoms with van der Waals surface area (Å²) in [4.78, 5) is 23.7. The lowest BCUT2D eigenvalue weighted by Crippen LogP contribution is -2.26. The minimum atomic E-state index is -3.53. The molecule has 2 aromatic rings. The molecule has 0 radical (unpaired) electrons. The van der Waals surface area contributed by atoms with Gasteiger partial charge >= 0.3 is 5.97 Å². The topological polar surface area (TPSA) is 102 Å². The molecule has 0 atom stereocenters. The van der Waals surface area contributed by atoms with Crippen molar-refractivity contribution in [3.05, 3.63) is 65.2 Å². The third kappa shape index (κ3) is 4.90. The van der Waals surface area contributed by atoms with Crippen LogP contribution in [0.25, 0.3) is 0 Å². The van der Waals surface area contributed by atoms with Crippen molar-refractivity contribution in [2.75, 3.05) is 20.7 Å². The Morgan fingerprint density at radius 1 is 1.04 bits per heavy atom. The van der Waals surface area contributed by atoms with E-state index in [1.54, 1.807) is 18.2 Å². The molecule has 0 saturated carbocycles. The molecule has 2 N–H and O–H groups in total. The first-order valence-electron chi connectivity index (χ1n) is 7.86. The van der Waals surface area contributed by atoms with Gasteiger partial charge in [-0.05, 0) is 55.4 Å². The summed E-state index contributed by atoms with van der Waals surface area (Å²) in [6, 6.07) is 12.7. The van der Waals surface area contributed by atoms with Crippen LogP contribution in [0, 0.1) is 0 Å². The predicted molar refractivity (Wildman–Crippen MR) is 96.5 cm³/mol. The lowest BCUT2D eigenvalue weighted by molar-refractivity contribution is 0.0600. The van der Waals surface area contributed by atoms with Gasteiger partial charge in [-0.2, -0.15) is 0 Å². The largest absolute Gasteiger partial charge is 0.465 e. The normalized spacial score (nSPS) is 11.0. The molecule has 0 heterocycles. The Bertz CT molecular complexity index is 892. The quantitative estimate of drug-likeness (QED) is 0.711. The van der Waals surface area contributed by atoms with E-state index in [4.69, 9.17) is 0 Å². The molecule has 0 aliphatic carbocycles. The van der Waals surface area contributed by atoms with E-state index in [0.29, 0.717) is 24.1 Å². The fourth-order valence-corrected chi connectivity index (χ4v) is 3.03. The van der Waals surface area contributed by atoms with E-state index < -0.39 is 16.0 Å². The van der Waals surface area contributed by atoms with Crippen molar-refractivity contribution in [2.45, 2.75) is 11.3 Å². The number of esters is 1. The molecule has 1 amide bonds. The monoisotopic (exact) mass is 376 g/mol. The lowest BCUT2D eigenvalue weighted by Gasteiger charge is -2.08. The van der Waals surface area contributed by atoms with Gasteiger partial charge in [0.05, 0.1) is 17.6 Å². The molecule has 138 valence electrons. The second kappa shape index (κ2) is 8.59. The molecule has 0 saturated heterocycles. The van der Waals surface area contributed by atoms with Crippen molar-refractivity contribution in [2.24, 2.45) is 0 Å². The van der Waals surface area contributed by atoms with E-state index in [1.165, 1.54) is 38.4 Å². The first-order chi connectivity index (χ1) is 12.4. The molecule has 7 nitrogen and oxygen atoms in total. The van der Waals surface area contributed by atoms with Crippen LogP contribution in [-0.2, 0) is 21.2 Å². The first-order valence-corrected chi connectivity index (χ1v) is 9.35. The van der Waals surface area contributed by atoms with Gasteiger partial charge in [0.2, 0.25) is 10.0 Å². The molecule has 0 aromatic heterocycles. The number of sulfonamides is 1. The van der Waals surface area contributed by atoms with E-state index in [-0.39, 0.29) is 10.8 Å². The van der Waals surface area contributed by atoms with Gasteiger partial charge < -0.3 is 10.1 Å². The maximum atomic E-state index is 12.1. The minimum absolute atomic E-state index is 0.0937. The van der Waals surface area contributed by atoms with E-state index in [2.05, 4.69) is 14.8 Å². The molecule has 2 aromatic carbocycles. The van der Waals surface area contributed by atoms with Gasteiger partial charge in [0, 0.05) is 12.1 Å². The number of amides is 1. The first kappa shape index (κ1) is 19.6. The Morgan fingerprint density at radius 3 is 2.35 bits per heavy atom. The van der Waals surface area contributed by atoms with Crippen molar-refractivity contribution >= 4 is 21.9 Å². The average molecular weight is 376 g/mol. The Labute approximate surface area is 152 Å². The van der Waals surface area contributed by atoms with Crippen LogP contribution in [0.4, 0.5) is 0 Å². The van der Waals surface area contributed by atoms with Crippen LogP contribution in [0.2, 0.25) is 0 Å². The number of carbonyl (C=O) groups is 2. The standard InChI is InChI=1S/C18H20N2O5S/c1-19-26(23,24)16-8-6-14(7-9-16)17(21)20-11-10-13-4-3-5-15(12-13)18(22)25-2/h3-9,12,19H,10-11H2,1-2H3,(H,20,21). The van der Waals surface area contributed by atoms with E-state index >= 15 is 0 Å². The predicted octanol–water partition coefficient (Wildman–Crippen LogP) is 1.35. The molecule has 0 aliphatic heterocycles. The fourth-order valence-electron chi connectivity index (χ4n) is 2.30. The van der Waals surface area contributed by atoms with Crippen molar-refractivity contribution < 1.29 is 22.7 Å². The third-order valence-electron chi connectivity index (χ3n) is 3.74. The number of ether oxygens (including phenoxy) is 1. The van der Waals surface area contributed by atoms with Crippen LogP contribution in [-0.4, -0.2) is 41.0 Å². The van der Waals surface area contributed by atoms with Gasteiger partial charge in [0.1, 0.15) is 0 Å². The number of hydrogen-bond acceptors (Lipinski definition) is 5. The number of nitrogens with one attached hydrogen (secondary N) is 2. The summed E-state index contributed by atoms with van der Waals surface area (Å²) in [5.41, 5.74) is 1.71. The smallest absolute Gasteiger partial charge is 0.337 e. The summed E-state index contributed by atoms with van der Waals surface area (Å²) >= 11 is 0. The van der Waals surface area contributed by atoms with Gasteiger partial charge in [-0.25, -0.2) is 17.9 Å². The van der Waals surface area contributed by atoms with Gasteiger partial charge in [0.15, 0.2) is 0 Å². The van der Waals surface area contributed by atoms with E-state index in [0.717, 1.165) is 5.56 Å². The molecule has 0 spiro atoms. The highest BCUT2D eigenvalue weighted by atomic mass is 32.2.